The monoisotopic (exact) mass is 402 g/mol. The van der Waals surface area contributed by atoms with Crippen LogP contribution in [0.1, 0.15) is 33.3 Å². The van der Waals surface area contributed by atoms with Gasteiger partial charge in [0.25, 0.3) is 5.91 Å². The molecule has 8 heteroatoms. The van der Waals surface area contributed by atoms with E-state index in [2.05, 4.69) is 4.98 Å². The summed E-state index contributed by atoms with van der Waals surface area (Å²) in [5.74, 6) is 0.307. The van der Waals surface area contributed by atoms with E-state index in [0.29, 0.717) is 56.0 Å². The number of phenolic OH excluding ortho intramolecular Hbond substituents is 1. The van der Waals surface area contributed by atoms with Gasteiger partial charge in [-0.05, 0) is 31.2 Å². The molecular formula is C21H26N2O6. The predicted octanol–water partition coefficient (Wildman–Crippen LogP) is 1.69. The normalized spacial score (nSPS) is 14.4. The maximum Gasteiger partial charge on any atom is 0.255 e. The lowest BCUT2D eigenvalue weighted by Gasteiger charge is -2.27. The van der Waals surface area contributed by atoms with Crippen molar-refractivity contribution < 1.29 is 29.3 Å². The second kappa shape index (κ2) is 11.1. The lowest BCUT2D eigenvalue weighted by atomic mass is 10.1. The highest BCUT2D eigenvalue weighted by molar-refractivity contribution is 5.95. The lowest BCUT2D eigenvalue weighted by Crippen LogP contribution is -2.41. The fraction of sp³-hybridized carbons (Fsp3) is 0.381. The van der Waals surface area contributed by atoms with Gasteiger partial charge in [-0.3, -0.25) is 14.6 Å². The van der Waals surface area contributed by atoms with E-state index in [1.54, 1.807) is 42.3 Å². The van der Waals surface area contributed by atoms with Crippen molar-refractivity contribution >= 4 is 12.2 Å². The van der Waals surface area contributed by atoms with E-state index < -0.39 is 6.10 Å². The van der Waals surface area contributed by atoms with Crippen LogP contribution < -0.4 is 4.74 Å². The van der Waals surface area contributed by atoms with Crippen LogP contribution in [0, 0.1) is 0 Å². The van der Waals surface area contributed by atoms with Gasteiger partial charge in [-0.2, -0.15) is 0 Å². The van der Waals surface area contributed by atoms with Crippen molar-refractivity contribution in [1.82, 2.24) is 9.88 Å². The van der Waals surface area contributed by atoms with Gasteiger partial charge in [-0.25, -0.2) is 0 Å². The Labute approximate surface area is 169 Å². The van der Waals surface area contributed by atoms with E-state index in [1.807, 2.05) is 0 Å². The first kappa shape index (κ1) is 22.3. The lowest BCUT2D eigenvalue weighted by molar-refractivity contribution is 0.0301. The number of nitrogens with zero attached hydrogens (tertiary/aromatic N) is 2. The van der Waals surface area contributed by atoms with Gasteiger partial charge in [0.2, 0.25) is 0 Å². The number of methoxy groups -OCH3 is 1. The molecule has 1 unspecified atom stereocenters. The average Bonchev–Trinajstić information content (AvgIpc) is 2.74. The Hall–Kier alpha value is -2.97. The summed E-state index contributed by atoms with van der Waals surface area (Å²) >= 11 is 0. The largest absolute Gasteiger partial charge is 0.507 e. The Balaban J connectivity index is 0.000000234. The molecule has 0 spiro atoms. The molecule has 29 heavy (non-hydrogen) atoms. The Morgan fingerprint density at radius 3 is 2.62 bits per heavy atom. The summed E-state index contributed by atoms with van der Waals surface area (Å²) in [7, 11) is 1.45. The molecular weight excluding hydrogens is 376 g/mol. The minimum Gasteiger partial charge on any atom is -0.507 e. The molecule has 0 saturated carbocycles. The summed E-state index contributed by atoms with van der Waals surface area (Å²) in [5, 5.41) is 18.5. The second-order valence-electron chi connectivity index (χ2n) is 6.47. The summed E-state index contributed by atoms with van der Waals surface area (Å²) in [6.07, 6.45) is 2.10. The molecule has 1 aromatic carbocycles. The highest BCUT2D eigenvalue weighted by Gasteiger charge is 2.21. The standard InChI is InChI=1S/C13H18N2O3.C8H8O3/c1-10(16)9-12-11(3-2-4-14-12)13(17)15-5-7-18-8-6-15;1-11-8-4-2-3-7(10)6(8)5-9/h2-4,10,16H,5-9H2,1H3;2-5,10H,1H3. The number of ether oxygens (including phenoxy) is 2. The molecule has 1 amide bonds. The molecule has 3 rings (SSSR count). The van der Waals surface area contributed by atoms with Gasteiger partial charge in [-0.15, -0.1) is 0 Å². The van der Waals surface area contributed by atoms with Gasteiger partial charge < -0.3 is 24.6 Å². The van der Waals surface area contributed by atoms with Gasteiger partial charge in [-0.1, -0.05) is 6.07 Å². The van der Waals surface area contributed by atoms with Crippen molar-refractivity contribution in [2.24, 2.45) is 0 Å². The van der Waals surface area contributed by atoms with Crippen LogP contribution in [-0.2, 0) is 11.2 Å². The first-order valence-electron chi connectivity index (χ1n) is 9.28. The first-order chi connectivity index (χ1) is 14.0. The number of morpholine rings is 1. The molecule has 2 heterocycles. The van der Waals surface area contributed by atoms with Crippen LogP contribution in [0.5, 0.6) is 11.5 Å². The van der Waals surface area contributed by atoms with Crippen LogP contribution in [0.4, 0.5) is 0 Å². The Morgan fingerprint density at radius 2 is 2.03 bits per heavy atom. The SMILES string of the molecule is CC(O)Cc1ncccc1C(=O)N1CCOCC1.COc1cccc(O)c1C=O. The van der Waals surface area contributed by atoms with Gasteiger partial charge in [0.15, 0.2) is 6.29 Å². The van der Waals surface area contributed by atoms with Crippen LogP contribution in [-0.4, -0.2) is 71.8 Å². The molecule has 0 radical (unpaired) electrons. The summed E-state index contributed by atoms with van der Waals surface area (Å²) in [6, 6.07) is 8.18. The number of aromatic nitrogens is 1. The smallest absolute Gasteiger partial charge is 0.255 e. The molecule has 2 N–H and O–H groups in total. The number of aliphatic hydroxyl groups excluding tert-OH is 1. The van der Waals surface area contributed by atoms with Crippen LogP contribution in [0.3, 0.4) is 0 Å². The van der Waals surface area contributed by atoms with Crippen molar-refractivity contribution in [3.8, 4) is 11.5 Å². The summed E-state index contributed by atoms with van der Waals surface area (Å²) in [5.41, 5.74) is 1.43. The molecule has 0 bridgehead atoms. The summed E-state index contributed by atoms with van der Waals surface area (Å²) in [4.78, 5) is 28.7. The Kier molecular flexibility index (Phi) is 8.57. The maximum atomic E-state index is 12.4. The average molecular weight is 402 g/mol. The third-order valence-corrected chi connectivity index (χ3v) is 4.29. The number of aldehydes is 1. The van der Waals surface area contributed by atoms with Crippen molar-refractivity contribution in [2.45, 2.75) is 19.4 Å². The van der Waals surface area contributed by atoms with Crippen molar-refractivity contribution in [3.05, 3.63) is 53.3 Å². The van der Waals surface area contributed by atoms with E-state index in [-0.39, 0.29) is 17.2 Å². The number of phenols is 1. The molecule has 1 fully saturated rings. The topological polar surface area (TPSA) is 109 Å². The highest BCUT2D eigenvalue weighted by Crippen LogP contribution is 2.24. The minimum absolute atomic E-state index is 0.0259. The molecule has 2 aromatic rings. The number of carbonyl (C=O) groups is 2. The van der Waals surface area contributed by atoms with Gasteiger partial charge in [0.1, 0.15) is 11.5 Å². The van der Waals surface area contributed by atoms with Gasteiger partial charge in [0.05, 0.1) is 43.2 Å². The predicted molar refractivity (Wildman–Crippen MR) is 106 cm³/mol. The number of benzene rings is 1. The van der Waals surface area contributed by atoms with E-state index in [1.165, 1.54) is 13.2 Å². The number of aliphatic hydroxyl groups is 1. The molecule has 1 aliphatic heterocycles. The van der Waals surface area contributed by atoms with Crippen LogP contribution in [0.25, 0.3) is 0 Å². The molecule has 0 aliphatic carbocycles. The molecule has 1 aliphatic rings. The summed E-state index contributed by atoms with van der Waals surface area (Å²) in [6.45, 7) is 4.08. The first-order valence-corrected chi connectivity index (χ1v) is 9.28. The number of hydrogen-bond donors (Lipinski definition) is 2. The highest BCUT2D eigenvalue weighted by atomic mass is 16.5. The third kappa shape index (κ3) is 6.27. The quantitative estimate of drug-likeness (QED) is 0.733. The molecule has 1 atom stereocenters. The number of pyridine rings is 1. The molecule has 156 valence electrons. The number of aromatic hydroxyl groups is 1. The van der Waals surface area contributed by atoms with Gasteiger partial charge >= 0.3 is 0 Å². The second-order valence-corrected chi connectivity index (χ2v) is 6.47. The van der Waals surface area contributed by atoms with Crippen molar-refractivity contribution in [3.63, 3.8) is 0 Å². The zero-order valence-electron chi connectivity index (χ0n) is 16.6. The molecule has 1 saturated heterocycles. The van der Waals surface area contributed by atoms with Crippen molar-refractivity contribution in [1.29, 1.82) is 0 Å². The molecule has 8 nitrogen and oxygen atoms in total. The molecule has 1 aromatic heterocycles. The number of carbonyl (C=O) groups excluding carboxylic acids is 2. The fourth-order valence-corrected chi connectivity index (χ4v) is 2.84. The Bertz CT molecular complexity index is 819. The van der Waals surface area contributed by atoms with E-state index in [0.717, 1.165) is 0 Å². The maximum absolute atomic E-state index is 12.4. The van der Waals surface area contributed by atoms with Gasteiger partial charge in [0, 0.05) is 25.7 Å². The van der Waals surface area contributed by atoms with Crippen LogP contribution in [0.15, 0.2) is 36.5 Å². The minimum atomic E-state index is -0.504. The van der Waals surface area contributed by atoms with E-state index in [9.17, 15) is 14.7 Å². The number of hydrogen-bond acceptors (Lipinski definition) is 7. The third-order valence-electron chi connectivity index (χ3n) is 4.29. The summed E-state index contributed by atoms with van der Waals surface area (Å²) < 4.78 is 10.1. The number of amides is 1. The Morgan fingerprint density at radius 1 is 1.31 bits per heavy atom. The fourth-order valence-electron chi connectivity index (χ4n) is 2.84. The zero-order valence-corrected chi connectivity index (χ0v) is 16.6. The van der Waals surface area contributed by atoms with Crippen LogP contribution in [0.2, 0.25) is 0 Å². The van der Waals surface area contributed by atoms with Crippen LogP contribution >= 0.6 is 0 Å². The van der Waals surface area contributed by atoms with E-state index >= 15 is 0 Å². The van der Waals surface area contributed by atoms with Crippen molar-refractivity contribution in [2.75, 3.05) is 33.4 Å². The number of rotatable bonds is 5. The zero-order chi connectivity index (χ0) is 21.2. The van der Waals surface area contributed by atoms with E-state index in [4.69, 9.17) is 14.6 Å².